The number of rotatable bonds is 4. The van der Waals surface area contributed by atoms with Crippen LogP contribution in [0.15, 0.2) is 30.5 Å². The van der Waals surface area contributed by atoms with Crippen LogP contribution in [0.25, 0.3) is 0 Å². The number of hydrogen-bond donors (Lipinski definition) is 3. The van der Waals surface area contributed by atoms with Crippen LogP contribution < -0.4 is 5.32 Å². The van der Waals surface area contributed by atoms with Crippen LogP contribution in [0.4, 0.5) is 5.69 Å². The molecule has 8 nitrogen and oxygen atoms in total. The van der Waals surface area contributed by atoms with Crippen LogP contribution in [-0.2, 0) is 4.79 Å². The Hall–Kier alpha value is -3.00. The molecule has 0 saturated carbocycles. The lowest BCUT2D eigenvalue weighted by atomic mass is 10.1. The Morgan fingerprint density at radius 3 is 2.32 bits per heavy atom. The number of aromatic amines is 1. The molecular weight excluding hydrogens is 384 g/mol. The molecule has 0 radical (unpaired) electrons. The van der Waals surface area contributed by atoms with Gasteiger partial charge in [0.2, 0.25) is 5.91 Å². The predicted molar refractivity (Wildman–Crippen MR) is 105 cm³/mol. The summed E-state index contributed by atoms with van der Waals surface area (Å²) in [6.45, 7) is 3.14. The molecule has 0 aliphatic carbocycles. The quantitative estimate of drug-likeness (QED) is 0.680. The molecule has 9 heteroatoms. The SMILES string of the molecule is CCC(=O)Nc1ccc(O)c(C(=O)N2CCN(C(=O)c3cc(Cl)c[nH]3)CC2)c1. The number of phenolic OH excluding ortho intramolecular Hbond substituents is 1. The van der Waals surface area contributed by atoms with Crippen LogP contribution in [0.2, 0.25) is 5.02 Å². The zero-order valence-electron chi connectivity index (χ0n) is 15.4. The highest BCUT2D eigenvalue weighted by Crippen LogP contribution is 2.24. The number of H-pyrrole nitrogens is 1. The van der Waals surface area contributed by atoms with E-state index in [0.29, 0.717) is 49.0 Å². The molecule has 1 aromatic carbocycles. The number of amides is 3. The topological polar surface area (TPSA) is 106 Å². The second-order valence-corrected chi connectivity index (χ2v) is 6.89. The molecule has 0 unspecified atom stereocenters. The Bertz CT molecular complexity index is 903. The minimum Gasteiger partial charge on any atom is -0.507 e. The number of carbonyl (C=O) groups excluding carboxylic acids is 3. The molecule has 1 fully saturated rings. The normalized spacial score (nSPS) is 14.1. The molecule has 1 aliphatic rings. The molecule has 3 N–H and O–H groups in total. The van der Waals surface area contributed by atoms with Gasteiger partial charge in [-0.25, -0.2) is 0 Å². The third-order valence-electron chi connectivity index (χ3n) is 4.56. The van der Waals surface area contributed by atoms with E-state index in [1.54, 1.807) is 29.0 Å². The molecule has 0 atom stereocenters. The van der Waals surface area contributed by atoms with Crippen molar-refractivity contribution in [2.45, 2.75) is 13.3 Å². The smallest absolute Gasteiger partial charge is 0.270 e. The van der Waals surface area contributed by atoms with Crippen LogP contribution in [0.3, 0.4) is 0 Å². The van der Waals surface area contributed by atoms with Gasteiger partial charge in [-0.3, -0.25) is 14.4 Å². The fourth-order valence-electron chi connectivity index (χ4n) is 2.98. The van der Waals surface area contributed by atoms with E-state index in [9.17, 15) is 19.5 Å². The molecular formula is C19H21ClN4O4. The number of halogens is 1. The molecule has 1 aliphatic heterocycles. The molecule has 3 rings (SSSR count). The van der Waals surface area contributed by atoms with Gasteiger partial charge < -0.3 is 25.2 Å². The highest BCUT2D eigenvalue weighted by molar-refractivity contribution is 6.30. The standard InChI is InChI=1S/C19H21ClN4O4/c1-2-17(26)22-13-3-4-16(25)14(10-13)18(27)23-5-7-24(8-6-23)19(28)15-9-12(20)11-21-15/h3-4,9-11,21,25H,2,5-8H2,1H3,(H,22,26). The molecule has 0 spiro atoms. The largest absolute Gasteiger partial charge is 0.507 e. The monoisotopic (exact) mass is 404 g/mol. The van der Waals surface area contributed by atoms with E-state index < -0.39 is 0 Å². The molecule has 2 aromatic rings. The Morgan fingerprint density at radius 1 is 1.11 bits per heavy atom. The van der Waals surface area contributed by atoms with Crippen molar-refractivity contribution in [1.82, 2.24) is 14.8 Å². The number of aromatic nitrogens is 1. The number of anilines is 1. The number of benzene rings is 1. The van der Waals surface area contributed by atoms with Crippen molar-refractivity contribution in [2.24, 2.45) is 0 Å². The fraction of sp³-hybridized carbons (Fsp3) is 0.316. The summed E-state index contributed by atoms with van der Waals surface area (Å²) in [6, 6.07) is 5.95. The first-order valence-corrected chi connectivity index (χ1v) is 9.32. The number of carbonyl (C=O) groups is 3. The second kappa shape index (κ2) is 8.35. The number of hydrogen-bond acceptors (Lipinski definition) is 4. The predicted octanol–water partition coefficient (Wildman–Crippen LogP) is 2.32. The lowest BCUT2D eigenvalue weighted by Gasteiger charge is -2.34. The van der Waals surface area contributed by atoms with Gasteiger partial charge in [-0.05, 0) is 24.3 Å². The molecule has 3 amide bonds. The molecule has 148 valence electrons. The summed E-state index contributed by atoms with van der Waals surface area (Å²) in [7, 11) is 0. The van der Waals surface area contributed by atoms with E-state index in [-0.39, 0.29) is 29.0 Å². The minimum absolute atomic E-state index is 0.116. The van der Waals surface area contributed by atoms with Crippen molar-refractivity contribution in [3.63, 3.8) is 0 Å². The van der Waals surface area contributed by atoms with Gasteiger partial charge in [0.15, 0.2) is 0 Å². The first-order chi connectivity index (χ1) is 13.4. The van der Waals surface area contributed by atoms with Gasteiger partial charge in [0, 0.05) is 44.5 Å². The maximum absolute atomic E-state index is 12.8. The van der Waals surface area contributed by atoms with Gasteiger partial charge in [0.05, 0.1) is 10.6 Å². The van der Waals surface area contributed by atoms with Crippen molar-refractivity contribution in [2.75, 3.05) is 31.5 Å². The summed E-state index contributed by atoms with van der Waals surface area (Å²) >= 11 is 5.84. The fourth-order valence-corrected chi connectivity index (χ4v) is 3.14. The Balaban J connectivity index is 1.66. The average Bonchev–Trinajstić information content (AvgIpc) is 3.14. The Morgan fingerprint density at radius 2 is 1.75 bits per heavy atom. The van der Waals surface area contributed by atoms with Crippen LogP contribution in [-0.4, -0.2) is 63.8 Å². The van der Waals surface area contributed by atoms with Gasteiger partial charge in [-0.2, -0.15) is 0 Å². The highest BCUT2D eigenvalue weighted by Gasteiger charge is 2.27. The van der Waals surface area contributed by atoms with Crippen LogP contribution in [0.5, 0.6) is 5.75 Å². The summed E-state index contributed by atoms with van der Waals surface area (Å²) < 4.78 is 0. The molecule has 1 aromatic heterocycles. The maximum Gasteiger partial charge on any atom is 0.270 e. The minimum atomic E-state index is -0.347. The maximum atomic E-state index is 12.8. The first-order valence-electron chi connectivity index (χ1n) is 8.94. The lowest BCUT2D eigenvalue weighted by Crippen LogP contribution is -2.50. The van der Waals surface area contributed by atoms with Crippen molar-refractivity contribution < 1.29 is 19.5 Å². The third kappa shape index (κ3) is 4.28. The van der Waals surface area contributed by atoms with E-state index in [1.165, 1.54) is 18.2 Å². The van der Waals surface area contributed by atoms with Gasteiger partial charge >= 0.3 is 0 Å². The second-order valence-electron chi connectivity index (χ2n) is 6.45. The van der Waals surface area contributed by atoms with Crippen molar-refractivity contribution in [3.05, 3.63) is 46.7 Å². The highest BCUT2D eigenvalue weighted by atomic mass is 35.5. The first kappa shape index (κ1) is 19.8. The molecule has 1 saturated heterocycles. The average molecular weight is 405 g/mol. The van der Waals surface area contributed by atoms with Crippen molar-refractivity contribution in [1.29, 1.82) is 0 Å². The summed E-state index contributed by atoms with van der Waals surface area (Å²) in [4.78, 5) is 42.8. The zero-order valence-corrected chi connectivity index (χ0v) is 16.1. The summed E-state index contributed by atoms with van der Waals surface area (Å²) in [5.74, 6) is -0.856. The lowest BCUT2D eigenvalue weighted by molar-refractivity contribution is -0.115. The van der Waals surface area contributed by atoms with Gasteiger partial charge in [-0.1, -0.05) is 18.5 Å². The molecule has 28 heavy (non-hydrogen) atoms. The van der Waals surface area contributed by atoms with E-state index >= 15 is 0 Å². The molecule has 2 heterocycles. The van der Waals surface area contributed by atoms with Crippen LogP contribution >= 0.6 is 11.6 Å². The van der Waals surface area contributed by atoms with Crippen molar-refractivity contribution in [3.8, 4) is 5.75 Å². The van der Waals surface area contributed by atoms with E-state index in [1.807, 2.05) is 0 Å². The summed E-state index contributed by atoms with van der Waals surface area (Å²) in [5, 5.41) is 13.2. The third-order valence-corrected chi connectivity index (χ3v) is 4.78. The van der Waals surface area contributed by atoms with E-state index in [2.05, 4.69) is 10.3 Å². The number of aromatic hydroxyl groups is 1. The van der Waals surface area contributed by atoms with E-state index in [4.69, 9.17) is 11.6 Å². The zero-order chi connectivity index (χ0) is 20.3. The summed E-state index contributed by atoms with van der Waals surface area (Å²) in [6.07, 6.45) is 1.85. The number of phenols is 1. The van der Waals surface area contributed by atoms with Gasteiger partial charge in [0.1, 0.15) is 11.4 Å². The van der Waals surface area contributed by atoms with Gasteiger partial charge in [-0.15, -0.1) is 0 Å². The number of nitrogens with one attached hydrogen (secondary N) is 2. The Labute approximate surface area is 167 Å². The van der Waals surface area contributed by atoms with Gasteiger partial charge in [0.25, 0.3) is 11.8 Å². The van der Waals surface area contributed by atoms with E-state index in [0.717, 1.165) is 0 Å². The Kier molecular flexibility index (Phi) is 5.89. The van der Waals surface area contributed by atoms with Crippen molar-refractivity contribution >= 4 is 35.0 Å². The van der Waals surface area contributed by atoms with Crippen LogP contribution in [0, 0.1) is 0 Å². The molecule has 0 bridgehead atoms. The number of piperazine rings is 1. The summed E-state index contributed by atoms with van der Waals surface area (Å²) in [5.41, 5.74) is 0.969. The number of nitrogens with zero attached hydrogens (tertiary/aromatic N) is 2. The van der Waals surface area contributed by atoms with Crippen LogP contribution in [0.1, 0.15) is 34.2 Å².